The third kappa shape index (κ3) is 2.42. The molecule has 0 aliphatic carbocycles. The molecular formula is C12H17N5O. The van der Waals surface area contributed by atoms with Crippen molar-refractivity contribution < 1.29 is 4.79 Å². The Kier molecular flexibility index (Phi) is 3.45. The fourth-order valence-electron chi connectivity index (χ4n) is 1.76. The van der Waals surface area contributed by atoms with Crippen LogP contribution in [-0.2, 0) is 0 Å². The van der Waals surface area contributed by atoms with Crippen molar-refractivity contribution in [2.45, 2.75) is 32.9 Å². The second kappa shape index (κ2) is 5.03. The van der Waals surface area contributed by atoms with E-state index in [-0.39, 0.29) is 18.0 Å². The molecule has 0 saturated heterocycles. The number of carbonyl (C=O) groups excluding carboxylic acids is 1. The van der Waals surface area contributed by atoms with Gasteiger partial charge >= 0.3 is 0 Å². The standard InChI is InChI=1S/C12H17N5O/c1-8(2)17-11(4-5-15-17)12(18)16-9(3)10-6-13-14-7-10/h4-9H,1-3H3,(H,13,14)(H,16,18). The number of rotatable bonds is 4. The van der Waals surface area contributed by atoms with E-state index in [0.29, 0.717) is 5.69 Å². The van der Waals surface area contributed by atoms with Gasteiger partial charge in [-0.2, -0.15) is 10.2 Å². The zero-order valence-corrected chi connectivity index (χ0v) is 10.7. The highest BCUT2D eigenvalue weighted by Gasteiger charge is 2.17. The van der Waals surface area contributed by atoms with Gasteiger partial charge in [-0.1, -0.05) is 0 Å². The van der Waals surface area contributed by atoms with Crippen molar-refractivity contribution in [1.29, 1.82) is 0 Å². The minimum atomic E-state index is -0.130. The molecule has 2 rings (SSSR count). The van der Waals surface area contributed by atoms with Crippen LogP contribution >= 0.6 is 0 Å². The molecule has 0 spiro atoms. The molecule has 0 radical (unpaired) electrons. The summed E-state index contributed by atoms with van der Waals surface area (Å²) < 4.78 is 1.71. The largest absolute Gasteiger partial charge is 0.344 e. The molecule has 0 aromatic carbocycles. The summed E-state index contributed by atoms with van der Waals surface area (Å²) in [5.74, 6) is -0.130. The first kappa shape index (κ1) is 12.3. The smallest absolute Gasteiger partial charge is 0.270 e. The van der Waals surface area contributed by atoms with Crippen molar-refractivity contribution in [3.05, 3.63) is 35.9 Å². The lowest BCUT2D eigenvalue weighted by Gasteiger charge is -2.14. The number of aromatic nitrogens is 4. The van der Waals surface area contributed by atoms with Crippen LogP contribution in [0.1, 0.15) is 48.9 Å². The highest BCUT2D eigenvalue weighted by molar-refractivity contribution is 5.92. The Hall–Kier alpha value is -2.11. The number of aromatic amines is 1. The summed E-state index contributed by atoms with van der Waals surface area (Å²) in [7, 11) is 0. The van der Waals surface area contributed by atoms with E-state index in [1.807, 2.05) is 20.8 Å². The average Bonchev–Trinajstić information content (AvgIpc) is 3.00. The number of amides is 1. The highest BCUT2D eigenvalue weighted by Crippen LogP contribution is 2.12. The molecule has 1 atom stereocenters. The number of H-pyrrole nitrogens is 1. The lowest BCUT2D eigenvalue weighted by atomic mass is 10.2. The monoisotopic (exact) mass is 247 g/mol. The molecule has 2 heterocycles. The summed E-state index contributed by atoms with van der Waals surface area (Å²) in [5.41, 5.74) is 1.51. The molecule has 18 heavy (non-hydrogen) atoms. The van der Waals surface area contributed by atoms with Crippen molar-refractivity contribution in [1.82, 2.24) is 25.3 Å². The van der Waals surface area contributed by atoms with Crippen molar-refractivity contribution in [2.24, 2.45) is 0 Å². The van der Waals surface area contributed by atoms with Gasteiger partial charge in [0.1, 0.15) is 5.69 Å². The normalized spacial score (nSPS) is 12.7. The van der Waals surface area contributed by atoms with Crippen LogP contribution in [-0.4, -0.2) is 25.9 Å². The molecule has 2 aromatic heterocycles. The molecule has 1 amide bonds. The van der Waals surface area contributed by atoms with Gasteiger partial charge in [0, 0.05) is 24.0 Å². The summed E-state index contributed by atoms with van der Waals surface area (Å²) in [4.78, 5) is 12.1. The van der Waals surface area contributed by atoms with Gasteiger partial charge in [0.25, 0.3) is 5.91 Å². The van der Waals surface area contributed by atoms with Crippen molar-refractivity contribution in [2.75, 3.05) is 0 Å². The third-order valence-electron chi connectivity index (χ3n) is 2.76. The van der Waals surface area contributed by atoms with Crippen molar-refractivity contribution in [3.63, 3.8) is 0 Å². The SMILES string of the molecule is CC(NC(=O)c1ccnn1C(C)C)c1cn[nH]c1. The van der Waals surface area contributed by atoms with Gasteiger partial charge in [-0.25, -0.2) is 0 Å². The first-order valence-electron chi connectivity index (χ1n) is 5.92. The molecule has 6 nitrogen and oxygen atoms in total. The Bertz CT molecular complexity index is 514. The predicted octanol–water partition coefficient (Wildman–Crippen LogP) is 1.68. The lowest BCUT2D eigenvalue weighted by molar-refractivity contribution is 0.0927. The van der Waals surface area contributed by atoms with E-state index in [1.165, 1.54) is 0 Å². The van der Waals surface area contributed by atoms with E-state index in [0.717, 1.165) is 5.56 Å². The second-order valence-corrected chi connectivity index (χ2v) is 4.48. The topological polar surface area (TPSA) is 75.6 Å². The fraction of sp³-hybridized carbons (Fsp3) is 0.417. The highest BCUT2D eigenvalue weighted by atomic mass is 16.2. The van der Waals surface area contributed by atoms with Crippen LogP contribution in [0.25, 0.3) is 0 Å². The molecule has 6 heteroatoms. The van der Waals surface area contributed by atoms with Gasteiger partial charge in [-0.3, -0.25) is 14.6 Å². The van der Waals surface area contributed by atoms with E-state index in [9.17, 15) is 4.79 Å². The summed E-state index contributed by atoms with van der Waals surface area (Å²) in [6, 6.07) is 1.79. The van der Waals surface area contributed by atoms with Gasteiger partial charge in [0.2, 0.25) is 0 Å². The molecule has 2 N–H and O–H groups in total. The molecule has 0 fully saturated rings. The lowest BCUT2D eigenvalue weighted by Crippen LogP contribution is -2.29. The van der Waals surface area contributed by atoms with E-state index < -0.39 is 0 Å². The minimum absolute atomic E-state index is 0.0910. The zero-order valence-electron chi connectivity index (χ0n) is 10.7. The minimum Gasteiger partial charge on any atom is -0.344 e. The summed E-state index contributed by atoms with van der Waals surface area (Å²) in [6.07, 6.45) is 5.10. The van der Waals surface area contributed by atoms with Gasteiger partial charge in [-0.05, 0) is 26.8 Å². The number of nitrogens with zero attached hydrogens (tertiary/aromatic N) is 3. The Balaban J connectivity index is 2.10. The van der Waals surface area contributed by atoms with Crippen LogP contribution in [0.5, 0.6) is 0 Å². The maximum absolute atomic E-state index is 12.1. The zero-order chi connectivity index (χ0) is 13.1. The van der Waals surface area contributed by atoms with Crippen molar-refractivity contribution in [3.8, 4) is 0 Å². The molecule has 96 valence electrons. The number of hydrogen-bond donors (Lipinski definition) is 2. The number of carbonyl (C=O) groups is 1. The Morgan fingerprint density at radius 3 is 2.83 bits per heavy atom. The maximum Gasteiger partial charge on any atom is 0.270 e. The first-order chi connectivity index (χ1) is 8.59. The average molecular weight is 247 g/mol. The summed E-state index contributed by atoms with van der Waals surface area (Å²) in [5, 5.41) is 13.7. The number of hydrogen-bond acceptors (Lipinski definition) is 3. The predicted molar refractivity (Wildman–Crippen MR) is 67.1 cm³/mol. The fourth-order valence-corrected chi connectivity index (χ4v) is 1.76. The molecule has 2 aromatic rings. The van der Waals surface area contributed by atoms with Gasteiger partial charge in [-0.15, -0.1) is 0 Å². The number of nitrogens with one attached hydrogen (secondary N) is 2. The molecule has 0 bridgehead atoms. The summed E-state index contributed by atoms with van der Waals surface area (Å²) >= 11 is 0. The van der Waals surface area contributed by atoms with Crippen LogP contribution in [0, 0.1) is 0 Å². The van der Waals surface area contributed by atoms with E-state index in [4.69, 9.17) is 0 Å². The van der Waals surface area contributed by atoms with Crippen LogP contribution in [0.3, 0.4) is 0 Å². The van der Waals surface area contributed by atoms with Gasteiger partial charge in [0.05, 0.1) is 12.2 Å². The quantitative estimate of drug-likeness (QED) is 0.863. The Labute approximate surface area is 105 Å². The van der Waals surface area contributed by atoms with Crippen LogP contribution in [0.2, 0.25) is 0 Å². The van der Waals surface area contributed by atoms with Crippen molar-refractivity contribution >= 4 is 5.91 Å². The van der Waals surface area contributed by atoms with Crippen LogP contribution < -0.4 is 5.32 Å². The second-order valence-electron chi connectivity index (χ2n) is 4.48. The third-order valence-corrected chi connectivity index (χ3v) is 2.76. The van der Waals surface area contributed by atoms with E-state index >= 15 is 0 Å². The molecule has 0 aliphatic heterocycles. The first-order valence-corrected chi connectivity index (χ1v) is 5.92. The summed E-state index contributed by atoms with van der Waals surface area (Å²) in [6.45, 7) is 5.89. The maximum atomic E-state index is 12.1. The molecular weight excluding hydrogens is 230 g/mol. The van der Waals surface area contributed by atoms with Crippen LogP contribution in [0.4, 0.5) is 0 Å². The van der Waals surface area contributed by atoms with Gasteiger partial charge in [0.15, 0.2) is 0 Å². The molecule has 1 unspecified atom stereocenters. The van der Waals surface area contributed by atoms with Crippen LogP contribution in [0.15, 0.2) is 24.7 Å². The Morgan fingerprint density at radius 1 is 1.44 bits per heavy atom. The molecule has 0 aliphatic rings. The Morgan fingerprint density at radius 2 is 2.22 bits per heavy atom. The van der Waals surface area contributed by atoms with E-state index in [1.54, 1.807) is 29.3 Å². The van der Waals surface area contributed by atoms with Gasteiger partial charge < -0.3 is 5.32 Å². The molecule has 0 saturated carbocycles. The van der Waals surface area contributed by atoms with E-state index in [2.05, 4.69) is 20.6 Å².